The molecule has 21 heavy (non-hydrogen) atoms. The van der Waals surface area contributed by atoms with Gasteiger partial charge in [-0.1, -0.05) is 36.4 Å². The van der Waals surface area contributed by atoms with Gasteiger partial charge in [0, 0.05) is 5.39 Å². The van der Waals surface area contributed by atoms with E-state index in [0.717, 1.165) is 10.8 Å². The SMILES string of the molecule is OB(O)c1ccc2c(c1)Oc1c(ccc3ccccc13)O2. The quantitative estimate of drug-likeness (QED) is 0.525. The van der Waals surface area contributed by atoms with Crippen molar-refractivity contribution in [1.82, 2.24) is 0 Å². The smallest absolute Gasteiger partial charge is 0.449 e. The highest BCUT2D eigenvalue weighted by molar-refractivity contribution is 6.58. The van der Waals surface area contributed by atoms with Gasteiger partial charge in [-0.2, -0.15) is 0 Å². The maximum atomic E-state index is 9.25. The second-order valence-corrected chi connectivity index (χ2v) is 4.90. The molecule has 3 aromatic carbocycles. The highest BCUT2D eigenvalue weighted by Crippen LogP contribution is 2.47. The molecule has 2 N–H and O–H groups in total. The van der Waals surface area contributed by atoms with Crippen molar-refractivity contribution >= 4 is 23.4 Å². The first kappa shape index (κ1) is 12.3. The molecule has 0 aromatic heterocycles. The summed E-state index contributed by atoms with van der Waals surface area (Å²) in [7, 11) is -1.53. The van der Waals surface area contributed by atoms with Crippen LogP contribution in [0, 0.1) is 0 Å². The molecule has 1 aliphatic rings. The van der Waals surface area contributed by atoms with E-state index in [1.54, 1.807) is 18.2 Å². The molecule has 0 fully saturated rings. The van der Waals surface area contributed by atoms with E-state index in [1.165, 1.54) is 0 Å². The van der Waals surface area contributed by atoms with Crippen molar-refractivity contribution in [2.24, 2.45) is 0 Å². The molecular formula is C16H11BO4. The maximum Gasteiger partial charge on any atom is 0.488 e. The molecular weight excluding hydrogens is 267 g/mol. The Morgan fingerprint density at radius 2 is 1.57 bits per heavy atom. The third-order valence-electron chi connectivity index (χ3n) is 3.54. The predicted molar refractivity (Wildman–Crippen MR) is 80.4 cm³/mol. The Kier molecular flexibility index (Phi) is 2.64. The molecule has 0 amide bonds. The number of hydrogen-bond donors (Lipinski definition) is 2. The van der Waals surface area contributed by atoms with Crippen LogP contribution in [0.4, 0.5) is 0 Å². The van der Waals surface area contributed by atoms with Crippen molar-refractivity contribution in [3.05, 3.63) is 54.6 Å². The van der Waals surface area contributed by atoms with Crippen LogP contribution in [0.3, 0.4) is 0 Å². The zero-order chi connectivity index (χ0) is 14.4. The van der Waals surface area contributed by atoms with Gasteiger partial charge in [-0.3, -0.25) is 0 Å². The van der Waals surface area contributed by atoms with Crippen LogP contribution < -0.4 is 14.9 Å². The third-order valence-corrected chi connectivity index (χ3v) is 3.54. The fourth-order valence-electron chi connectivity index (χ4n) is 2.49. The summed E-state index contributed by atoms with van der Waals surface area (Å²) in [5.74, 6) is 2.33. The Labute approximate surface area is 121 Å². The summed E-state index contributed by atoms with van der Waals surface area (Å²) in [6, 6.07) is 16.6. The van der Waals surface area contributed by atoms with Crippen molar-refractivity contribution < 1.29 is 19.5 Å². The lowest BCUT2D eigenvalue weighted by atomic mass is 9.80. The van der Waals surface area contributed by atoms with Crippen molar-refractivity contribution in [3.63, 3.8) is 0 Å². The van der Waals surface area contributed by atoms with Gasteiger partial charge in [-0.25, -0.2) is 0 Å². The van der Waals surface area contributed by atoms with Gasteiger partial charge in [0.25, 0.3) is 0 Å². The molecule has 4 rings (SSSR count). The van der Waals surface area contributed by atoms with E-state index in [4.69, 9.17) is 9.47 Å². The molecule has 4 nitrogen and oxygen atoms in total. The zero-order valence-corrected chi connectivity index (χ0v) is 11.0. The van der Waals surface area contributed by atoms with E-state index >= 15 is 0 Å². The first-order chi connectivity index (χ1) is 10.2. The fraction of sp³-hybridized carbons (Fsp3) is 0. The van der Waals surface area contributed by atoms with Crippen LogP contribution >= 0.6 is 0 Å². The summed E-state index contributed by atoms with van der Waals surface area (Å²) < 4.78 is 11.8. The van der Waals surface area contributed by atoms with E-state index in [9.17, 15) is 10.0 Å². The minimum atomic E-state index is -1.53. The summed E-state index contributed by atoms with van der Waals surface area (Å²) in [5.41, 5.74) is 0.362. The molecule has 0 spiro atoms. The summed E-state index contributed by atoms with van der Waals surface area (Å²) in [4.78, 5) is 0. The van der Waals surface area contributed by atoms with Gasteiger partial charge in [-0.15, -0.1) is 0 Å². The normalized spacial score (nSPS) is 12.1. The highest BCUT2D eigenvalue weighted by Gasteiger charge is 2.23. The van der Waals surface area contributed by atoms with Crippen LogP contribution in [0.2, 0.25) is 0 Å². The lowest BCUT2D eigenvalue weighted by Crippen LogP contribution is -2.29. The lowest BCUT2D eigenvalue weighted by Gasteiger charge is -2.22. The Balaban J connectivity index is 1.87. The van der Waals surface area contributed by atoms with Crippen LogP contribution in [-0.4, -0.2) is 17.2 Å². The van der Waals surface area contributed by atoms with E-state index in [1.807, 2.05) is 36.4 Å². The third kappa shape index (κ3) is 1.95. The molecule has 1 aliphatic heterocycles. The molecule has 0 unspecified atom stereocenters. The van der Waals surface area contributed by atoms with Crippen LogP contribution in [-0.2, 0) is 0 Å². The number of fused-ring (bicyclic) bond motifs is 4. The summed E-state index contributed by atoms with van der Waals surface area (Å²) in [6.45, 7) is 0. The van der Waals surface area contributed by atoms with Gasteiger partial charge < -0.3 is 19.5 Å². The molecule has 0 atom stereocenters. The molecule has 3 aromatic rings. The van der Waals surface area contributed by atoms with Gasteiger partial charge in [-0.05, 0) is 29.0 Å². The minimum Gasteiger partial charge on any atom is -0.449 e. The van der Waals surface area contributed by atoms with Gasteiger partial charge in [0.1, 0.15) is 0 Å². The molecule has 0 aliphatic carbocycles. The Bertz CT molecular complexity index is 845. The molecule has 0 bridgehead atoms. The summed E-state index contributed by atoms with van der Waals surface area (Å²) in [6.07, 6.45) is 0. The van der Waals surface area contributed by atoms with Gasteiger partial charge >= 0.3 is 7.12 Å². The van der Waals surface area contributed by atoms with Gasteiger partial charge in [0.2, 0.25) is 0 Å². The second kappa shape index (κ2) is 4.51. The standard InChI is InChI=1S/C16H11BO4/c18-17(19)11-6-8-13-15(9-11)21-16-12-4-2-1-3-10(12)5-7-14(16)20-13/h1-9,18-19H. The van der Waals surface area contributed by atoms with E-state index in [0.29, 0.717) is 28.5 Å². The Morgan fingerprint density at radius 3 is 2.43 bits per heavy atom. The number of rotatable bonds is 1. The lowest BCUT2D eigenvalue weighted by molar-refractivity contribution is 0.363. The first-order valence-corrected chi connectivity index (χ1v) is 6.60. The predicted octanol–water partition coefficient (Wildman–Crippen LogP) is 2.42. The Morgan fingerprint density at radius 1 is 0.762 bits per heavy atom. The van der Waals surface area contributed by atoms with Gasteiger partial charge in [0.15, 0.2) is 23.0 Å². The van der Waals surface area contributed by atoms with Crippen molar-refractivity contribution in [3.8, 4) is 23.0 Å². The number of ether oxygens (including phenoxy) is 2. The van der Waals surface area contributed by atoms with Crippen molar-refractivity contribution in [2.75, 3.05) is 0 Å². The molecule has 0 radical (unpaired) electrons. The van der Waals surface area contributed by atoms with E-state index < -0.39 is 7.12 Å². The topological polar surface area (TPSA) is 58.9 Å². The largest absolute Gasteiger partial charge is 0.488 e. The number of benzene rings is 3. The van der Waals surface area contributed by atoms with Crippen LogP contribution in [0.25, 0.3) is 10.8 Å². The van der Waals surface area contributed by atoms with E-state index in [2.05, 4.69) is 0 Å². The maximum absolute atomic E-state index is 9.25. The van der Waals surface area contributed by atoms with Crippen LogP contribution in [0.1, 0.15) is 0 Å². The first-order valence-electron chi connectivity index (χ1n) is 6.60. The minimum absolute atomic E-state index is 0.362. The zero-order valence-electron chi connectivity index (χ0n) is 11.0. The van der Waals surface area contributed by atoms with Gasteiger partial charge in [0.05, 0.1) is 0 Å². The van der Waals surface area contributed by atoms with Crippen LogP contribution in [0.15, 0.2) is 54.6 Å². The summed E-state index contributed by atoms with van der Waals surface area (Å²) >= 11 is 0. The molecule has 0 saturated carbocycles. The molecule has 5 heteroatoms. The summed E-state index contributed by atoms with van der Waals surface area (Å²) in [5, 5.41) is 20.5. The monoisotopic (exact) mass is 278 g/mol. The molecule has 102 valence electrons. The average Bonchev–Trinajstić information content (AvgIpc) is 2.52. The second-order valence-electron chi connectivity index (χ2n) is 4.90. The van der Waals surface area contributed by atoms with Crippen molar-refractivity contribution in [1.29, 1.82) is 0 Å². The van der Waals surface area contributed by atoms with E-state index in [-0.39, 0.29) is 0 Å². The molecule has 0 saturated heterocycles. The number of hydrogen-bond acceptors (Lipinski definition) is 4. The van der Waals surface area contributed by atoms with Crippen molar-refractivity contribution in [2.45, 2.75) is 0 Å². The molecule has 1 heterocycles. The highest BCUT2D eigenvalue weighted by atomic mass is 16.6. The van der Waals surface area contributed by atoms with Crippen LogP contribution in [0.5, 0.6) is 23.0 Å². The fourth-order valence-corrected chi connectivity index (χ4v) is 2.49. The average molecular weight is 278 g/mol. The Hall–Kier alpha value is -2.50.